The third kappa shape index (κ3) is 2.99. The van der Waals surface area contributed by atoms with Gasteiger partial charge in [0.15, 0.2) is 0 Å². The highest BCUT2D eigenvalue weighted by molar-refractivity contribution is 5.96. The molecule has 0 radical (unpaired) electrons. The number of aliphatic carboxylic acids is 1. The van der Waals surface area contributed by atoms with Gasteiger partial charge in [0.25, 0.3) is 5.91 Å². The van der Waals surface area contributed by atoms with E-state index in [1.807, 2.05) is 12.1 Å². The number of hydrogen-bond acceptors (Lipinski definition) is 4. The largest absolute Gasteiger partial charge is 0.480 e. The van der Waals surface area contributed by atoms with Crippen LogP contribution in [0.4, 0.5) is 0 Å². The molecule has 1 heterocycles. The zero-order valence-electron chi connectivity index (χ0n) is 12.1. The van der Waals surface area contributed by atoms with Crippen LogP contribution in [-0.2, 0) is 4.79 Å². The Hall–Kier alpha value is -2.50. The summed E-state index contributed by atoms with van der Waals surface area (Å²) < 4.78 is 0. The summed E-state index contributed by atoms with van der Waals surface area (Å²) in [5, 5.41) is 9.25. The van der Waals surface area contributed by atoms with Crippen LogP contribution in [0.3, 0.4) is 0 Å². The Labute approximate surface area is 122 Å². The van der Waals surface area contributed by atoms with Crippen molar-refractivity contribution >= 4 is 22.9 Å². The van der Waals surface area contributed by atoms with Gasteiger partial charge < -0.3 is 10.0 Å². The Bertz CT molecular complexity index is 685. The lowest BCUT2D eigenvalue weighted by Crippen LogP contribution is -2.45. The molecule has 0 unspecified atom stereocenters. The normalized spacial score (nSPS) is 12.4. The zero-order valence-corrected chi connectivity index (χ0v) is 12.1. The summed E-state index contributed by atoms with van der Waals surface area (Å²) in [5.74, 6) is -1.69. The number of aromatic nitrogens is 2. The van der Waals surface area contributed by atoms with Gasteiger partial charge in [-0.15, -0.1) is 0 Å². The van der Waals surface area contributed by atoms with Crippen molar-refractivity contribution in [1.29, 1.82) is 0 Å². The van der Waals surface area contributed by atoms with E-state index in [0.717, 1.165) is 0 Å². The number of fused-ring (bicyclic) bond motifs is 1. The zero-order chi connectivity index (χ0) is 15.6. The molecular formula is C15H17N3O3. The van der Waals surface area contributed by atoms with Gasteiger partial charge in [-0.3, -0.25) is 9.78 Å². The lowest BCUT2D eigenvalue weighted by Gasteiger charge is -2.27. The maximum Gasteiger partial charge on any atom is 0.326 e. The van der Waals surface area contributed by atoms with Crippen LogP contribution in [0.1, 0.15) is 24.3 Å². The van der Waals surface area contributed by atoms with Crippen molar-refractivity contribution in [3.8, 4) is 0 Å². The molecule has 1 N–H and O–H groups in total. The predicted octanol–water partition coefficient (Wildman–Crippen LogP) is 1.81. The minimum absolute atomic E-state index is 0.142. The van der Waals surface area contributed by atoms with E-state index in [2.05, 4.69) is 9.97 Å². The number of likely N-dealkylation sites (N-methyl/N-ethyl adjacent to an activating group) is 1. The number of carbonyl (C=O) groups excluding carboxylic acids is 1. The van der Waals surface area contributed by atoms with E-state index in [-0.39, 0.29) is 11.6 Å². The van der Waals surface area contributed by atoms with E-state index in [1.165, 1.54) is 18.1 Å². The fraction of sp³-hybridized carbons (Fsp3) is 0.333. The van der Waals surface area contributed by atoms with Gasteiger partial charge in [-0.25, -0.2) is 9.78 Å². The molecule has 1 amide bonds. The topological polar surface area (TPSA) is 83.4 Å². The van der Waals surface area contributed by atoms with Crippen LogP contribution in [0.15, 0.2) is 30.5 Å². The fourth-order valence-corrected chi connectivity index (χ4v) is 2.27. The molecule has 0 bridgehead atoms. The molecule has 0 aliphatic heterocycles. The van der Waals surface area contributed by atoms with Gasteiger partial charge in [0.2, 0.25) is 0 Å². The SMILES string of the molecule is CC(C)[C@@H](C(=O)O)N(C)C(=O)c1cnc2ccccc2n1. The lowest BCUT2D eigenvalue weighted by atomic mass is 10.0. The number of carbonyl (C=O) groups is 2. The van der Waals surface area contributed by atoms with Crippen LogP contribution >= 0.6 is 0 Å². The monoisotopic (exact) mass is 287 g/mol. The first kappa shape index (κ1) is 14.9. The maximum atomic E-state index is 12.4. The molecule has 2 aromatic rings. The average molecular weight is 287 g/mol. The molecule has 0 aliphatic rings. The van der Waals surface area contributed by atoms with Crippen LogP contribution in [-0.4, -0.2) is 44.9 Å². The van der Waals surface area contributed by atoms with Gasteiger partial charge in [-0.05, 0) is 18.1 Å². The molecule has 2 rings (SSSR count). The highest BCUT2D eigenvalue weighted by atomic mass is 16.4. The summed E-state index contributed by atoms with van der Waals surface area (Å²) in [6.45, 7) is 3.52. The maximum absolute atomic E-state index is 12.4. The number of rotatable bonds is 4. The van der Waals surface area contributed by atoms with Gasteiger partial charge >= 0.3 is 5.97 Å². The van der Waals surface area contributed by atoms with Crippen molar-refractivity contribution in [3.63, 3.8) is 0 Å². The Morgan fingerprint density at radius 3 is 2.38 bits per heavy atom. The number of carboxylic acids is 1. The molecule has 6 nitrogen and oxygen atoms in total. The summed E-state index contributed by atoms with van der Waals surface area (Å²) in [6.07, 6.45) is 1.38. The molecule has 6 heteroatoms. The second-order valence-electron chi connectivity index (χ2n) is 5.19. The first-order chi connectivity index (χ1) is 9.91. The Balaban J connectivity index is 2.34. The van der Waals surface area contributed by atoms with E-state index in [4.69, 9.17) is 0 Å². The molecule has 1 atom stereocenters. The number of amides is 1. The Morgan fingerprint density at radius 2 is 1.81 bits per heavy atom. The molecule has 0 saturated carbocycles. The van der Waals surface area contributed by atoms with Gasteiger partial charge in [-0.1, -0.05) is 26.0 Å². The predicted molar refractivity (Wildman–Crippen MR) is 77.9 cm³/mol. The first-order valence-corrected chi connectivity index (χ1v) is 6.63. The third-order valence-electron chi connectivity index (χ3n) is 3.29. The van der Waals surface area contributed by atoms with Crippen LogP contribution in [0, 0.1) is 5.92 Å². The number of carboxylic acid groups (broad SMARTS) is 1. The average Bonchev–Trinajstić information content (AvgIpc) is 2.45. The van der Waals surface area contributed by atoms with Crippen LogP contribution in [0.5, 0.6) is 0 Å². The van der Waals surface area contributed by atoms with Crippen molar-refractivity contribution < 1.29 is 14.7 Å². The number of hydrogen-bond donors (Lipinski definition) is 1. The van der Waals surface area contributed by atoms with E-state index in [0.29, 0.717) is 11.0 Å². The second-order valence-corrected chi connectivity index (χ2v) is 5.19. The minimum Gasteiger partial charge on any atom is -0.480 e. The third-order valence-corrected chi connectivity index (χ3v) is 3.29. The summed E-state index contributed by atoms with van der Waals surface area (Å²) in [7, 11) is 1.47. The molecule has 0 aliphatic carbocycles. The molecule has 0 saturated heterocycles. The molecule has 1 aromatic heterocycles. The number of nitrogens with zero attached hydrogens (tertiary/aromatic N) is 3. The lowest BCUT2D eigenvalue weighted by molar-refractivity contribution is -0.143. The molecule has 1 aromatic carbocycles. The molecule has 110 valence electrons. The van der Waals surface area contributed by atoms with Gasteiger partial charge in [0.05, 0.1) is 17.2 Å². The molecule has 21 heavy (non-hydrogen) atoms. The standard InChI is InChI=1S/C15H17N3O3/c1-9(2)13(15(20)21)18(3)14(19)12-8-16-10-6-4-5-7-11(10)17-12/h4-9,13H,1-3H3,(H,20,21)/t13-/m0/s1. The van der Waals surface area contributed by atoms with Gasteiger partial charge in [0.1, 0.15) is 11.7 Å². The van der Waals surface area contributed by atoms with Crippen LogP contribution in [0.25, 0.3) is 11.0 Å². The van der Waals surface area contributed by atoms with Crippen molar-refractivity contribution in [2.45, 2.75) is 19.9 Å². The summed E-state index contributed by atoms with van der Waals surface area (Å²) in [6, 6.07) is 6.31. The van der Waals surface area contributed by atoms with Crippen molar-refractivity contribution in [1.82, 2.24) is 14.9 Å². The highest BCUT2D eigenvalue weighted by Crippen LogP contribution is 2.14. The fourth-order valence-electron chi connectivity index (χ4n) is 2.27. The van der Waals surface area contributed by atoms with E-state index in [1.54, 1.807) is 26.0 Å². The Kier molecular flexibility index (Phi) is 4.16. The van der Waals surface area contributed by atoms with Crippen molar-refractivity contribution in [2.24, 2.45) is 5.92 Å². The molecule has 0 fully saturated rings. The van der Waals surface area contributed by atoms with Crippen molar-refractivity contribution in [2.75, 3.05) is 7.05 Å². The highest BCUT2D eigenvalue weighted by Gasteiger charge is 2.30. The van der Waals surface area contributed by atoms with Gasteiger partial charge in [-0.2, -0.15) is 0 Å². The molecule has 0 spiro atoms. The summed E-state index contributed by atoms with van der Waals surface area (Å²) >= 11 is 0. The second kappa shape index (κ2) is 5.87. The van der Waals surface area contributed by atoms with E-state index in [9.17, 15) is 14.7 Å². The number of benzene rings is 1. The number of para-hydroxylation sites is 2. The van der Waals surface area contributed by atoms with Gasteiger partial charge in [0, 0.05) is 7.05 Å². The smallest absolute Gasteiger partial charge is 0.326 e. The summed E-state index contributed by atoms with van der Waals surface area (Å²) in [5.41, 5.74) is 1.44. The first-order valence-electron chi connectivity index (χ1n) is 6.63. The van der Waals surface area contributed by atoms with Crippen LogP contribution in [0.2, 0.25) is 0 Å². The summed E-state index contributed by atoms with van der Waals surface area (Å²) in [4.78, 5) is 33.3. The van der Waals surface area contributed by atoms with Crippen molar-refractivity contribution in [3.05, 3.63) is 36.2 Å². The molecular weight excluding hydrogens is 270 g/mol. The quantitative estimate of drug-likeness (QED) is 0.927. The van der Waals surface area contributed by atoms with E-state index < -0.39 is 17.9 Å². The van der Waals surface area contributed by atoms with E-state index >= 15 is 0 Å². The minimum atomic E-state index is -1.03. The van der Waals surface area contributed by atoms with Crippen LogP contribution < -0.4 is 0 Å². The Morgan fingerprint density at radius 1 is 1.19 bits per heavy atom.